The zero-order valence-electron chi connectivity index (χ0n) is 10.9. The Labute approximate surface area is 109 Å². The van der Waals surface area contributed by atoms with Crippen molar-refractivity contribution >= 4 is 11.8 Å². The summed E-state index contributed by atoms with van der Waals surface area (Å²) in [6, 6.07) is 9.13. The van der Waals surface area contributed by atoms with Gasteiger partial charge in [-0.1, -0.05) is 19.1 Å². The lowest BCUT2D eigenvalue weighted by atomic mass is 10.0. The Balaban J connectivity index is 2.74. The molecule has 0 aliphatic heterocycles. The van der Waals surface area contributed by atoms with Crippen LogP contribution >= 0.6 is 11.8 Å². The van der Waals surface area contributed by atoms with Crippen LogP contribution in [-0.2, 0) is 0 Å². The molecule has 1 rings (SSSR count). The van der Waals surface area contributed by atoms with E-state index >= 15 is 0 Å². The SMILES string of the molecule is CC#CCC(NCCC)c1ccc(SC)cc1. The zero-order valence-corrected chi connectivity index (χ0v) is 11.7. The maximum atomic E-state index is 3.55. The molecular weight excluding hydrogens is 226 g/mol. The second-order valence-electron chi connectivity index (χ2n) is 3.91. The second-order valence-corrected chi connectivity index (χ2v) is 4.79. The van der Waals surface area contributed by atoms with E-state index in [4.69, 9.17) is 0 Å². The summed E-state index contributed by atoms with van der Waals surface area (Å²) in [4.78, 5) is 1.31. The first-order chi connectivity index (χ1) is 8.31. The normalized spacial score (nSPS) is 11.7. The van der Waals surface area contributed by atoms with Crippen LogP contribution in [0.3, 0.4) is 0 Å². The van der Waals surface area contributed by atoms with Gasteiger partial charge in [-0.3, -0.25) is 0 Å². The minimum atomic E-state index is 0.360. The fraction of sp³-hybridized carbons (Fsp3) is 0.467. The molecule has 17 heavy (non-hydrogen) atoms. The first kappa shape index (κ1) is 14.2. The second kappa shape index (κ2) is 8.22. The maximum Gasteiger partial charge on any atom is 0.0430 e. The lowest BCUT2D eigenvalue weighted by molar-refractivity contribution is 0.542. The fourth-order valence-electron chi connectivity index (χ4n) is 1.67. The van der Waals surface area contributed by atoms with E-state index in [1.165, 1.54) is 10.5 Å². The third-order valence-corrected chi connectivity index (χ3v) is 3.39. The Morgan fingerprint density at radius 1 is 1.29 bits per heavy atom. The largest absolute Gasteiger partial charge is 0.309 e. The molecule has 0 aliphatic rings. The molecule has 0 bridgehead atoms. The van der Waals surface area contributed by atoms with Crippen LogP contribution in [0.1, 0.15) is 38.3 Å². The van der Waals surface area contributed by atoms with Gasteiger partial charge in [0, 0.05) is 17.4 Å². The topological polar surface area (TPSA) is 12.0 Å². The lowest BCUT2D eigenvalue weighted by Crippen LogP contribution is -2.21. The van der Waals surface area contributed by atoms with Crippen LogP contribution in [0.15, 0.2) is 29.2 Å². The number of nitrogens with one attached hydrogen (secondary N) is 1. The summed E-state index contributed by atoms with van der Waals surface area (Å²) >= 11 is 1.78. The van der Waals surface area contributed by atoms with Gasteiger partial charge in [-0.25, -0.2) is 0 Å². The third kappa shape index (κ3) is 4.85. The predicted octanol–water partition coefficient (Wildman–Crippen LogP) is 3.86. The Bertz CT molecular complexity index is 372. The Morgan fingerprint density at radius 3 is 2.53 bits per heavy atom. The molecule has 0 saturated heterocycles. The molecule has 0 radical (unpaired) electrons. The lowest BCUT2D eigenvalue weighted by Gasteiger charge is -2.16. The summed E-state index contributed by atoms with van der Waals surface area (Å²) in [5.41, 5.74) is 1.33. The van der Waals surface area contributed by atoms with E-state index < -0.39 is 0 Å². The molecule has 0 amide bonds. The highest BCUT2D eigenvalue weighted by molar-refractivity contribution is 7.98. The molecule has 0 fully saturated rings. The molecule has 0 aromatic heterocycles. The van der Waals surface area contributed by atoms with Crippen molar-refractivity contribution in [1.82, 2.24) is 5.32 Å². The van der Waals surface area contributed by atoms with Gasteiger partial charge in [0.2, 0.25) is 0 Å². The van der Waals surface area contributed by atoms with Crippen molar-refractivity contribution < 1.29 is 0 Å². The predicted molar refractivity (Wildman–Crippen MR) is 77.3 cm³/mol. The highest BCUT2D eigenvalue weighted by Gasteiger charge is 2.08. The molecule has 1 aromatic rings. The molecule has 1 unspecified atom stereocenters. The molecule has 1 atom stereocenters. The standard InChI is InChI=1S/C15H21NS/c1-4-6-7-15(16-12-5-2)13-8-10-14(17-3)11-9-13/h8-11,15-16H,5,7,12H2,1-3H3. The number of thioether (sulfide) groups is 1. The van der Waals surface area contributed by atoms with Crippen molar-refractivity contribution in [2.75, 3.05) is 12.8 Å². The van der Waals surface area contributed by atoms with E-state index in [1.54, 1.807) is 11.8 Å². The summed E-state index contributed by atoms with van der Waals surface area (Å²) < 4.78 is 0. The number of hydrogen-bond acceptors (Lipinski definition) is 2. The molecular formula is C15H21NS. The van der Waals surface area contributed by atoms with E-state index in [9.17, 15) is 0 Å². The van der Waals surface area contributed by atoms with Gasteiger partial charge in [-0.2, -0.15) is 0 Å². The van der Waals surface area contributed by atoms with Gasteiger partial charge in [0.25, 0.3) is 0 Å². The van der Waals surface area contributed by atoms with Gasteiger partial charge in [0.15, 0.2) is 0 Å². The Kier molecular flexibility index (Phi) is 6.84. The summed E-state index contributed by atoms with van der Waals surface area (Å²) in [6.45, 7) is 5.13. The fourth-order valence-corrected chi connectivity index (χ4v) is 2.08. The average Bonchev–Trinajstić information content (AvgIpc) is 2.39. The van der Waals surface area contributed by atoms with E-state index in [1.807, 2.05) is 6.92 Å². The minimum absolute atomic E-state index is 0.360. The van der Waals surface area contributed by atoms with Crippen LogP contribution in [0.4, 0.5) is 0 Å². The van der Waals surface area contributed by atoms with Crippen molar-refractivity contribution in [3.8, 4) is 11.8 Å². The summed E-state index contributed by atoms with van der Waals surface area (Å²) in [5, 5.41) is 3.55. The summed E-state index contributed by atoms with van der Waals surface area (Å²) in [7, 11) is 0. The van der Waals surface area contributed by atoms with Gasteiger partial charge in [0.05, 0.1) is 0 Å². The molecule has 0 aliphatic carbocycles. The first-order valence-electron chi connectivity index (χ1n) is 6.08. The zero-order chi connectivity index (χ0) is 12.5. The van der Waals surface area contributed by atoms with Gasteiger partial charge in [0.1, 0.15) is 0 Å². The Morgan fingerprint density at radius 2 is 2.00 bits per heavy atom. The monoisotopic (exact) mass is 247 g/mol. The molecule has 0 spiro atoms. The summed E-state index contributed by atoms with van der Waals surface area (Å²) in [5.74, 6) is 6.14. The quantitative estimate of drug-likeness (QED) is 0.605. The van der Waals surface area contributed by atoms with E-state index in [-0.39, 0.29) is 0 Å². The molecule has 0 saturated carbocycles. The molecule has 0 heterocycles. The molecule has 1 nitrogen and oxygen atoms in total. The van der Waals surface area contributed by atoms with Crippen LogP contribution < -0.4 is 5.32 Å². The van der Waals surface area contributed by atoms with Crippen molar-refractivity contribution in [3.05, 3.63) is 29.8 Å². The van der Waals surface area contributed by atoms with Crippen LogP contribution in [0.5, 0.6) is 0 Å². The van der Waals surface area contributed by atoms with Gasteiger partial charge >= 0.3 is 0 Å². The smallest absolute Gasteiger partial charge is 0.0430 e. The highest BCUT2D eigenvalue weighted by atomic mass is 32.2. The number of hydrogen-bond donors (Lipinski definition) is 1. The average molecular weight is 247 g/mol. The first-order valence-corrected chi connectivity index (χ1v) is 7.31. The third-order valence-electron chi connectivity index (χ3n) is 2.64. The molecule has 92 valence electrons. The van der Waals surface area contributed by atoms with Crippen LogP contribution in [-0.4, -0.2) is 12.8 Å². The van der Waals surface area contributed by atoms with Crippen LogP contribution in [0, 0.1) is 11.8 Å². The number of benzene rings is 1. The maximum absolute atomic E-state index is 3.55. The van der Waals surface area contributed by atoms with Crippen molar-refractivity contribution in [2.24, 2.45) is 0 Å². The molecule has 1 aromatic carbocycles. The van der Waals surface area contributed by atoms with Crippen molar-refractivity contribution in [2.45, 2.75) is 37.6 Å². The van der Waals surface area contributed by atoms with E-state index in [0.29, 0.717) is 6.04 Å². The molecule has 1 N–H and O–H groups in total. The highest BCUT2D eigenvalue weighted by Crippen LogP contribution is 2.21. The van der Waals surface area contributed by atoms with E-state index in [2.05, 4.69) is 54.6 Å². The molecule has 2 heteroatoms. The Hall–Kier alpha value is -0.910. The van der Waals surface area contributed by atoms with E-state index in [0.717, 1.165) is 19.4 Å². The van der Waals surface area contributed by atoms with Gasteiger partial charge in [-0.05, 0) is 43.8 Å². The van der Waals surface area contributed by atoms with Gasteiger partial charge < -0.3 is 5.32 Å². The number of rotatable bonds is 6. The van der Waals surface area contributed by atoms with Crippen molar-refractivity contribution in [3.63, 3.8) is 0 Å². The van der Waals surface area contributed by atoms with Crippen LogP contribution in [0.25, 0.3) is 0 Å². The summed E-state index contributed by atoms with van der Waals surface area (Å²) in [6.07, 6.45) is 4.14. The van der Waals surface area contributed by atoms with Gasteiger partial charge in [-0.15, -0.1) is 23.6 Å². The van der Waals surface area contributed by atoms with Crippen LogP contribution in [0.2, 0.25) is 0 Å². The van der Waals surface area contributed by atoms with Crippen molar-refractivity contribution in [1.29, 1.82) is 0 Å². The minimum Gasteiger partial charge on any atom is -0.309 e.